The minimum absolute atomic E-state index is 0.196. The van der Waals surface area contributed by atoms with Crippen LogP contribution in [0.3, 0.4) is 0 Å². The van der Waals surface area contributed by atoms with Gasteiger partial charge in [-0.1, -0.05) is 21.6 Å². The Labute approximate surface area is 93.7 Å². The van der Waals surface area contributed by atoms with Gasteiger partial charge in [-0.25, -0.2) is 0 Å². The molecule has 0 aliphatic carbocycles. The minimum atomic E-state index is -1.09. The lowest BCUT2D eigenvalue weighted by Crippen LogP contribution is -2.33. The lowest BCUT2D eigenvalue weighted by atomic mass is 10.3. The van der Waals surface area contributed by atoms with E-state index in [4.69, 9.17) is 16.6 Å². The molecule has 0 bridgehead atoms. The van der Waals surface area contributed by atoms with Gasteiger partial charge in [-0.2, -0.15) is 0 Å². The lowest BCUT2D eigenvalue weighted by Gasteiger charge is -2.06. The molecular weight excluding hydrogens is 242 g/mol. The third-order valence-electron chi connectivity index (χ3n) is 1.30. The molecule has 0 saturated carbocycles. The van der Waals surface area contributed by atoms with E-state index in [1.807, 2.05) is 0 Å². The number of nitroso groups, excluding NO2 is 1. The highest BCUT2D eigenvalue weighted by Crippen LogP contribution is 2.22. The maximum absolute atomic E-state index is 10.6. The molecule has 7 nitrogen and oxygen atoms in total. The van der Waals surface area contributed by atoms with Crippen molar-refractivity contribution in [1.29, 1.82) is 0 Å². The molecule has 0 fully saturated rings. The van der Waals surface area contributed by atoms with Crippen molar-refractivity contribution in [2.75, 3.05) is 11.5 Å². The van der Waals surface area contributed by atoms with Gasteiger partial charge in [-0.05, 0) is 0 Å². The molecule has 0 aromatic carbocycles. The summed E-state index contributed by atoms with van der Waals surface area (Å²) in [5, 5.41) is 10.6. The number of amides is 1. The number of carboxylic acid groups (broad SMARTS) is 1. The number of aliphatic carboxylic acids is 1. The summed E-state index contributed by atoms with van der Waals surface area (Å²) in [4.78, 5) is 30.7. The van der Waals surface area contributed by atoms with E-state index in [1.54, 1.807) is 0 Å². The Morgan fingerprint density at radius 1 is 1.20 bits per heavy atom. The lowest BCUT2D eigenvalue weighted by molar-refractivity contribution is -0.137. The summed E-state index contributed by atoms with van der Waals surface area (Å²) in [6.07, 6.45) is 0. The monoisotopic (exact) mass is 253 g/mol. The van der Waals surface area contributed by atoms with Gasteiger partial charge in [0.25, 0.3) is 0 Å². The zero-order valence-electron chi connectivity index (χ0n) is 7.66. The number of carboxylic acids is 1. The van der Waals surface area contributed by atoms with E-state index < -0.39 is 24.0 Å². The molecule has 0 aromatic heterocycles. The van der Waals surface area contributed by atoms with E-state index >= 15 is 0 Å². The van der Waals surface area contributed by atoms with Crippen LogP contribution < -0.4 is 11.5 Å². The second-order valence-electron chi connectivity index (χ2n) is 2.55. The summed E-state index contributed by atoms with van der Waals surface area (Å²) in [5.74, 6) is -1.60. The highest BCUT2D eigenvalue weighted by molar-refractivity contribution is 8.76. The number of nitrogens with zero attached hydrogens (tertiary/aromatic N) is 1. The number of nitrogens with two attached hydrogens (primary N) is 2. The van der Waals surface area contributed by atoms with Gasteiger partial charge in [0.05, 0.1) is 6.04 Å². The summed E-state index contributed by atoms with van der Waals surface area (Å²) in [7, 11) is 2.36. The van der Waals surface area contributed by atoms with Gasteiger partial charge in [0.2, 0.25) is 0 Å². The van der Waals surface area contributed by atoms with Crippen LogP contribution in [0.4, 0.5) is 0 Å². The zero-order valence-corrected chi connectivity index (χ0v) is 9.29. The normalized spacial score (nSPS) is 14.3. The topological polar surface area (TPSA) is 136 Å². The fraction of sp³-hybridized carbons (Fsp3) is 0.667. The van der Waals surface area contributed by atoms with Crippen LogP contribution in [-0.2, 0) is 9.59 Å². The van der Waals surface area contributed by atoms with Gasteiger partial charge in [0, 0.05) is 16.7 Å². The number of hydrogen-bond acceptors (Lipinski definition) is 7. The molecule has 0 aromatic rings. The molecule has 5 N–H and O–H groups in total. The number of carbonyl (C=O) groups excluding carboxylic acids is 1. The first-order valence-electron chi connectivity index (χ1n) is 3.84. The highest BCUT2D eigenvalue weighted by Gasteiger charge is 2.15. The van der Waals surface area contributed by atoms with E-state index in [0.29, 0.717) is 0 Å². The summed E-state index contributed by atoms with van der Waals surface area (Å²) < 4.78 is 0. The predicted octanol–water partition coefficient (Wildman–Crippen LogP) is -0.600. The number of rotatable bonds is 7. The van der Waals surface area contributed by atoms with Crippen LogP contribution >= 0.6 is 21.6 Å². The SMILES string of the molecule is NC(CSSCC(N)C(=O)N=O)C(=O)O. The Bertz CT molecular complexity index is 251. The van der Waals surface area contributed by atoms with Crippen molar-refractivity contribution < 1.29 is 14.7 Å². The maximum Gasteiger partial charge on any atom is 0.321 e. The van der Waals surface area contributed by atoms with Crippen LogP contribution in [0.2, 0.25) is 0 Å². The van der Waals surface area contributed by atoms with E-state index in [2.05, 4.69) is 5.18 Å². The highest BCUT2D eigenvalue weighted by atomic mass is 33.1. The molecular formula is C6H11N3O4S2. The van der Waals surface area contributed by atoms with Crippen LogP contribution in [0.5, 0.6) is 0 Å². The Balaban J connectivity index is 3.58. The van der Waals surface area contributed by atoms with E-state index in [1.165, 1.54) is 21.6 Å². The van der Waals surface area contributed by atoms with E-state index in [-0.39, 0.29) is 11.5 Å². The van der Waals surface area contributed by atoms with Gasteiger partial charge < -0.3 is 16.6 Å². The fourth-order valence-electron chi connectivity index (χ4n) is 0.453. The fourth-order valence-corrected chi connectivity index (χ4v) is 2.68. The standard InChI is InChI=1S/C6H11N3O4S2/c7-3(5(10)9-13)1-14-15-2-4(8)6(11)12/h3-4H,1-2,7-8H2,(H,11,12). The first-order valence-corrected chi connectivity index (χ1v) is 6.33. The Morgan fingerprint density at radius 2 is 1.67 bits per heavy atom. The summed E-state index contributed by atoms with van der Waals surface area (Å²) in [6.45, 7) is 0. The zero-order chi connectivity index (χ0) is 11.8. The number of hydrogen-bond donors (Lipinski definition) is 3. The predicted molar refractivity (Wildman–Crippen MR) is 59.3 cm³/mol. The average Bonchev–Trinajstić information content (AvgIpc) is 2.22. The second-order valence-corrected chi connectivity index (χ2v) is 5.10. The van der Waals surface area contributed by atoms with Crippen LogP contribution in [0.15, 0.2) is 5.18 Å². The first-order chi connectivity index (χ1) is 6.99. The minimum Gasteiger partial charge on any atom is -0.480 e. The van der Waals surface area contributed by atoms with Crippen molar-refractivity contribution in [3.05, 3.63) is 4.91 Å². The largest absolute Gasteiger partial charge is 0.480 e. The van der Waals surface area contributed by atoms with E-state index in [9.17, 15) is 14.5 Å². The van der Waals surface area contributed by atoms with Crippen LogP contribution in [0, 0.1) is 4.91 Å². The third-order valence-corrected chi connectivity index (χ3v) is 3.78. The van der Waals surface area contributed by atoms with Crippen LogP contribution in [-0.4, -0.2) is 40.6 Å². The Kier molecular flexibility index (Phi) is 7.30. The molecule has 9 heteroatoms. The molecule has 0 rings (SSSR count). The first kappa shape index (κ1) is 14.4. The second kappa shape index (κ2) is 7.63. The molecule has 15 heavy (non-hydrogen) atoms. The van der Waals surface area contributed by atoms with Crippen molar-refractivity contribution in [3.8, 4) is 0 Å². The molecule has 0 heterocycles. The molecule has 0 saturated heterocycles. The maximum atomic E-state index is 10.6. The third kappa shape index (κ3) is 6.44. The van der Waals surface area contributed by atoms with Crippen molar-refractivity contribution in [2.24, 2.45) is 16.6 Å². The van der Waals surface area contributed by atoms with Gasteiger partial charge >= 0.3 is 11.9 Å². The van der Waals surface area contributed by atoms with Gasteiger partial charge in [0.1, 0.15) is 6.04 Å². The van der Waals surface area contributed by atoms with Crippen LogP contribution in [0.1, 0.15) is 0 Å². The smallest absolute Gasteiger partial charge is 0.321 e. The summed E-state index contributed by atoms with van der Waals surface area (Å²) in [6, 6.07) is -1.89. The molecule has 0 aliphatic heterocycles. The Morgan fingerprint density at radius 3 is 2.07 bits per heavy atom. The summed E-state index contributed by atoms with van der Waals surface area (Å²) >= 11 is 0. The van der Waals surface area contributed by atoms with Crippen molar-refractivity contribution in [1.82, 2.24) is 0 Å². The quantitative estimate of drug-likeness (QED) is 0.311. The molecule has 1 amide bonds. The summed E-state index contributed by atoms with van der Waals surface area (Å²) in [5.41, 5.74) is 10.5. The Hall–Kier alpha value is -0.640. The van der Waals surface area contributed by atoms with Crippen molar-refractivity contribution in [2.45, 2.75) is 12.1 Å². The van der Waals surface area contributed by atoms with Gasteiger partial charge in [-0.15, -0.1) is 4.91 Å². The van der Waals surface area contributed by atoms with E-state index in [0.717, 1.165) is 0 Å². The average molecular weight is 253 g/mol. The molecule has 86 valence electrons. The van der Waals surface area contributed by atoms with Crippen molar-refractivity contribution >= 4 is 33.5 Å². The van der Waals surface area contributed by atoms with Crippen molar-refractivity contribution in [3.63, 3.8) is 0 Å². The van der Waals surface area contributed by atoms with Gasteiger partial charge in [-0.3, -0.25) is 9.59 Å². The molecule has 0 aliphatic rings. The molecule has 2 atom stereocenters. The molecule has 2 unspecified atom stereocenters. The molecule has 0 radical (unpaired) electrons. The number of carbonyl (C=O) groups is 2. The molecule has 0 spiro atoms. The van der Waals surface area contributed by atoms with Crippen LogP contribution in [0.25, 0.3) is 0 Å². The van der Waals surface area contributed by atoms with Gasteiger partial charge in [0.15, 0.2) is 0 Å².